The summed E-state index contributed by atoms with van der Waals surface area (Å²) in [5, 5.41) is 7.20. The number of rotatable bonds is 4. The Bertz CT molecular complexity index is 878. The zero-order chi connectivity index (χ0) is 21.2. The van der Waals surface area contributed by atoms with Crippen LogP contribution in [0, 0.1) is 5.82 Å². The first-order valence-electron chi connectivity index (χ1n) is 9.51. The van der Waals surface area contributed by atoms with Gasteiger partial charge in [-0.25, -0.2) is 14.1 Å². The molecule has 1 aromatic carbocycles. The molecule has 9 heteroatoms. The van der Waals surface area contributed by atoms with E-state index in [-0.39, 0.29) is 46.8 Å². The normalized spacial score (nSPS) is 19.8. The van der Waals surface area contributed by atoms with Gasteiger partial charge < -0.3 is 10.2 Å². The van der Waals surface area contributed by atoms with Crippen molar-refractivity contribution < 1.29 is 14.0 Å². The molecule has 1 fully saturated rings. The van der Waals surface area contributed by atoms with E-state index >= 15 is 0 Å². The highest BCUT2D eigenvalue weighted by Crippen LogP contribution is 2.29. The number of halogens is 2. The van der Waals surface area contributed by atoms with Crippen molar-refractivity contribution in [1.82, 2.24) is 25.0 Å². The molecule has 2 atom stereocenters. The summed E-state index contributed by atoms with van der Waals surface area (Å²) in [6.07, 6.45) is 2.16. The Labute approximate surface area is 174 Å². The van der Waals surface area contributed by atoms with E-state index in [1.165, 1.54) is 12.1 Å². The Morgan fingerprint density at radius 1 is 1.28 bits per heavy atom. The molecule has 0 spiro atoms. The second-order valence-corrected chi connectivity index (χ2v) is 8.46. The summed E-state index contributed by atoms with van der Waals surface area (Å²) >= 11 is 5.66. The third-order valence-corrected chi connectivity index (χ3v) is 5.28. The summed E-state index contributed by atoms with van der Waals surface area (Å²) in [6, 6.07) is 5.88. The minimum absolute atomic E-state index is 0.0492. The summed E-state index contributed by atoms with van der Waals surface area (Å²) < 4.78 is 15.0. The number of aromatic nitrogens is 3. The van der Waals surface area contributed by atoms with E-state index in [4.69, 9.17) is 11.6 Å². The fraction of sp³-hybridized carbons (Fsp3) is 0.500. The van der Waals surface area contributed by atoms with E-state index in [0.29, 0.717) is 19.5 Å². The minimum atomic E-state index is -0.339. The molecule has 0 unspecified atom stereocenters. The minimum Gasteiger partial charge on any atom is -0.350 e. The number of nitrogens with one attached hydrogen (secondary N) is 1. The van der Waals surface area contributed by atoms with Crippen LogP contribution in [-0.4, -0.2) is 56.5 Å². The lowest BCUT2D eigenvalue weighted by Gasteiger charge is -2.38. The second kappa shape index (κ2) is 8.49. The van der Waals surface area contributed by atoms with Crippen LogP contribution in [0.4, 0.5) is 4.39 Å². The number of hydrogen-bond donors (Lipinski definition) is 1. The topological polar surface area (TPSA) is 80.1 Å². The van der Waals surface area contributed by atoms with Crippen molar-refractivity contribution >= 4 is 23.4 Å². The highest BCUT2D eigenvalue weighted by Gasteiger charge is 2.35. The van der Waals surface area contributed by atoms with Crippen LogP contribution in [0.2, 0.25) is 0 Å². The third-order valence-electron chi connectivity index (χ3n) is 5.04. The zero-order valence-corrected chi connectivity index (χ0v) is 17.5. The monoisotopic (exact) mass is 421 g/mol. The number of alkyl halides is 1. The molecule has 2 amide bonds. The first-order chi connectivity index (χ1) is 13.7. The van der Waals surface area contributed by atoms with Crippen molar-refractivity contribution in [2.75, 3.05) is 19.0 Å². The SMILES string of the molecule is CC(C)(C)n1cnc(C(=O)N2CC[C@H](c3ccc(F)cc3)[C@@H](NC(=O)CCl)C2)n1. The molecule has 0 aliphatic carbocycles. The van der Waals surface area contributed by atoms with Crippen LogP contribution in [-0.2, 0) is 10.3 Å². The van der Waals surface area contributed by atoms with Gasteiger partial charge in [-0.3, -0.25) is 9.59 Å². The summed E-state index contributed by atoms with van der Waals surface area (Å²) in [6.45, 7) is 6.71. The van der Waals surface area contributed by atoms with Gasteiger partial charge in [-0.05, 0) is 44.9 Å². The van der Waals surface area contributed by atoms with Gasteiger partial charge >= 0.3 is 0 Å². The van der Waals surface area contributed by atoms with Crippen LogP contribution < -0.4 is 5.32 Å². The summed E-state index contributed by atoms with van der Waals surface area (Å²) in [5.41, 5.74) is 0.631. The van der Waals surface area contributed by atoms with Gasteiger partial charge in [0.05, 0.1) is 11.6 Å². The van der Waals surface area contributed by atoms with E-state index in [1.807, 2.05) is 20.8 Å². The second-order valence-electron chi connectivity index (χ2n) is 8.19. The molecule has 0 bridgehead atoms. The average molecular weight is 422 g/mol. The van der Waals surface area contributed by atoms with Gasteiger partial charge in [-0.1, -0.05) is 12.1 Å². The van der Waals surface area contributed by atoms with Gasteiger partial charge in [0, 0.05) is 19.0 Å². The Morgan fingerprint density at radius 2 is 1.97 bits per heavy atom. The lowest BCUT2D eigenvalue weighted by atomic mass is 9.85. The van der Waals surface area contributed by atoms with Crippen LogP contribution >= 0.6 is 11.6 Å². The molecule has 3 rings (SSSR count). The molecule has 156 valence electrons. The van der Waals surface area contributed by atoms with Gasteiger partial charge in [-0.2, -0.15) is 0 Å². The molecule has 0 radical (unpaired) electrons. The molecule has 2 heterocycles. The van der Waals surface area contributed by atoms with Crippen LogP contribution in [0.1, 0.15) is 49.3 Å². The number of benzene rings is 1. The molecule has 1 aliphatic rings. The van der Waals surface area contributed by atoms with E-state index in [2.05, 4.69) is 15.4 Å². The van der Waals surface area contributed by atoms with Crippen molar-refractivity contribution in [2.45, 2.75) is 44.7 Å². The van der Waals surface area contributed by atoms with E-state index in [0.717, 1.165) is 5.56 Å². The Kier molecular flexibility index (Phi) is 6.21. The number of carbonyl (C=O) groups excluding carboxylic acids is 2. The van der Waals surface area contributed by atoms with Gasteiger partial charge in [0.1, 0.15) is 18.0 Å². The van der Waals surface area contributed by atoms with Gasteiger partial charge in [-0.15, -0.1) is 16.7 Å². The van der Waals surface area contributed by atoms with Crippen molar-refractivity contribution in [2.24, 2.45) is 0 Å². The van der Waals surface area contributed by atoms with E-state index in [9.17, 15) is 14.0 Å². The molecule has 2 aromatic rings. The van der Waals surface area contributed by atoms with E-state index < -0.39 is 0 Å². The zero-order valence-electron chi connectivity index (χ0n) is 16.7. The molecule has 1 aliphatic heterocycles. The lowest BCUT2D eigenvalue weighted by molar-refractivity contribution is -0.119. The first-order valence-corrected chi connectivity index (χ1v) is 10.0. The average Bonchev–Trinajstić information content (AvgIpc) is 3.19. The smallest absolute Gasteiger partial charge is 0.293 e. The van der Waals surface area contributed by atoms with Crippen LogP contribution in [0.5, 0.6) is 0 Å². The van der Waals surface area contributed by atoms with Crippen LogP contribution in [0.15, 0.2) is 30.6 Å². The molecule has 1 aromatic heterocycles. The van der Waals surface area contributed by atoms with Crippen molar-refractivity contribution in [1.29, 1.82) is 0 Å². The molecular formula is C20H25ClFN5O2. The summed E-state index contributed by atoms with van der Waals surface area (Å²) in [7, 11) is 0. The fourth-order valence-electron chi connectivity index (χ4n) is 3.46. The number of likely N-dealkylation sites (tertiary alicyclic amines) is 1. The standard InChI is InChI=1S/C20H25ClFN5O2/c1-20(2,3)27-12-23-18(25-27)19(29)26-9-8-15(13-4-6-14(22)7-5-13)16(11-26)24-17(28)10-21/h4-7,12,15-16H,8-11H2,1-3H3,(H,24,28)/t15-,16+/m1/s1. The van der Waals surface area contributed by atoms with Gasteiger partial charge in [0.2, 0.25) is 11.7 Å². The molecule has 0 saturated carbocycles. The molecule has 1 saturated heterocycles. The highest BCUT2D eigenvalue weighted by atomic mass is 35.5. The predicted molar refractivity (Wildman–Crippen MR) is 107 cm³/mol. The number of carbonyl (C=O) groups is 2. The van der Waals surface area contributed by atoms with Crippen LogP contribution in [0.3, 0.4) is 0 Å². The molecule has 29 heavy (non-hydrogen) atoms. The lowest BCUT2D eigenvalue weighted by Crippen LogP contribution is -2.53. The quantitative estimate of drug-likeness (QED) is 0.769. The number of nitrogens with zero attached hydrogens (tertiary/aromatic N) is 4. The maximum Gasteiger partial charge on any atom is 0.293 e. The Hall–Kier alpha value is -2.48. The first kappa shape index (κ1) is 21.2. The molecule has 7 nitrogen and oxygen atoms in total. The predicted octanol–water partition coefficient (Wildman–Crippen LogP) is 2.53. The molecule has 1 N–H and O–H groups in total. The van der Waals surface area contributed by atoms with E-state index in [1.54, 1.807) is 28.0 Å². The number of piperidine rings is 1. The van der Waals surface area contributed by atoms with Gasteiger partial charge in [0.15, 0.2) is 0 Å². The van der Waals surface area contributed by atoms with Crippen molar-refractivity contribution in [3.63, 3.8) is 0 Å². The van der Waals surface area contributed by atoms with Crippen molar-refractivity contribution in [3.05, 3.63) is 47.8 Å². The Morgan fingerprint density at radius 3 is 2.55 bits per heavy atom. The van der Waals surface area contributed by atoms with Crippen LogP contribution in [0.25, 0.3) is 0 Å². The van der Waals surface area contributed by atoms with Gasteiger partial charge in [0.25, 0.3) is 5.91 Å². The Balaban J connectivity index is 1.79. The maximum atomic E-state index is 13.3. The largest absolute Gasteiger partial charge is 0.350 e. The van der Waals surface area contributed by atoms with Crippen molar-refractivity contribution in [3.8, 4) is 0 Å². The third kappa shape index (κ3) is 4.93. The summed E-state index contributed by atoms with van der Waals surface area (Å²) in [4.78, 5) is 30.7. The number of amides is 2. The maximum absolute atomic E-state index is 13.3. The number of hydrogen-bond acceptors (Lipinski definition) is 4. The molecular weight excluding hydrogens is 397 g/mol. The highest BCUT2D eigenvalue weighted by molar-refractivity contribution is 6.27. The summed E-state index contributed by atoms with van der Waals surface area (Å²) in [5.74, 6) is -1.00. The fourth-order valence-corrected chi connectivity index (χ4v) is 3.54.